The highest BCUT2D eigenvalue weighted by molar-refractivity contribution is 8.51. The van der Waals surface area contributed by atoms with E-state index in [1.54, 1.807) is 0 Å². The Morgan fingerprint density at radius 1 is 1.05 bits per heavy atom. The first-order valence-electron chi connectivity index (χ1n) is 7.87. The van der Waals surface area contributed by atoms with Gasteiger partial charge in [-0.05, 0) is 48.3 Å². The standard InChI is InChI=1S/C18H23ClOS/c1-2-3-12-20-17-10-11-18(21(19)13-6-7-14-21)16-9-5-4-8-15(16)17/h4-5,8-11H,2-3,6-7,12-14H2,1H3. The minimum atomic E-state index is -1.13. The lowest BCUT2D eigenvalue weighted by molar-refractivity contribution is 0.313. The molecule has 0 unspecified atom stereocenters. The number of unbranched alkanes of at least 4 members (excludes halogenated alkanes) is 1. The molecule has 1 fully saturated rings. The zero-order valence-corrected chi connectivity index (χ0v) is 14.2. The lowest BCUT2D eigenvalue weighted by Gasteiger charge is -2.29. The van der Waals surface area contributed by atoms with Crippen molar-refractivity contribution in [3.05, 3.63) is 36.4 Å². The van der Waals surface area contributed by atoms with Crippen molar-refractivity contribution in [3.8, 4) is 5.75 Å². The third kappa shape index (κ3) is 3.02. The molecule has 0 bridgehead atoms. The predicted molar refractivity (Wildman–Crippen MR) is 95.0 cm³/mol. The summed E-state index contributed by atoms with van der Waals surface area (Å²) in [6.45, 7) is 2.98. The summed E-state index contributed by atoms with van der Waals surface area (Å²) < 4.78 is 5.98. The molecule has 0 N–H and O–H groups in total. The van der Waals surface area contributed by atoms with E-state index in [0.29, 0.717) is 0 Å². The molecule has 3 rings (SSSR count). The van der Waals surface area contributed by atoms with Gasteiger partial charge in [0.15, 0.2) is 0 Å². The molecule has 1 aliphatic rings. The number of hydrogen-bond acceptors (Lipinski definition) is 1. The van der Waals surface area contributed by atoms with Crippen LogP contribution < -0.4 is 4.74 Å². The van der Waals surface area contributed by atoms with Crippen LogP contribution in [0, 0.1) is 0 Å². The summed E-state index contributed by atoms with van der Waals surface area (Å²) in [5, 5.41) is 2.50. The van der Waals surface area contributed by atoms with E-state index in [0.717, 1.165) is 36.7 Å². The van der Waals surface area contributed by atoms with E-state index in [9.17, 15) is 0 Å². The van der Waals surface area contributed by atoms with Crippen LogP contribution in [0.5, 0.6) is 5.75 Å². The fourth-order valence-electron chi connectivity index (χ4n) is 3.00. The second kappa shape index (κ2) is 6.50. The minimum absolute atomic E-state index is 0.790. The van der Waals surface area contributed by atoms with E-state index in [2.05, 4.69) is 43.3 Å². The normalized spacial score (nSPS) is 18.8. The molecule has 3 heteroatoms. The molecular formula is C18H23ClOS. The van der Waals surface area contributed by atoms with Gasteiger partial charge in [0, 0.05) is 10.3 Å². The van der Waals surface area contributed by atoms with Crippen LogP contribution >= 0.6 is 19.9 Å². The molecule has 2 aromatic rings. The zero-order valence-electron chi connectivity index (χ0n) is 12.6. The summed E-state index contributed by atoms with van der Waals surface area (Å²) in [4.78, 5) is 1.36. The Morgan fingerprint density at radius 3 is 2.48 bits per heavy atom. The topological polar surface area (TPSA) is 9.23 Å². The highest BCUT2D eigenvalue weighted by atomic mass is 35.7. The van der Waals surface area contributed by atoms with Crippen molar-refractivity contribution in [1.82, 2.24) is 0 Å². The van der Waals surface area contributed by atoms with Gasteiger partial charge in [-0.1, -0.05) is 48.3 Å². The van der Waals surface area contributed by atoms with Crippen LogP contribution in [-0.2, 0) is 0 Å². The van der Waals surface area contributed by atoms with Crippen LogP contribution in [0.25, 0.3) is 10.8 Å². The molecule has 0 atom stereocenters. The molecule has 1 aliphatic heterocycles. The first kappa shape index (κ1) is 15.1. The van der Waals surface area contributed by atoms with E-state index < -0.39 is 9.24 Å². The molecule has 1 heterocycles. The van der Waals surface area contributed by atoms with E-state index in [-0.39, 0.29) is 0 Å². The number of benzene rings is 2. The first-order valence-corrected chi connectivity index (χ1v) is 10.7. The zero-order chi connectivity index (χ0) is 14.7. The number of hydrogen-bond donors (Lipinski definition) is 0. The third-order valence-electron chi connectivity index (χ3n) is 4.18. The molecule has 0 amide bonds. The van der Waals surface area contributed by atoms with Gasteiger partial charge in [-0.25, -0.2) is 0 Å². The number of rotatable bonds is 5. The van der Waals surface area contributed by atoms with Crippen LogP contribution in [0.1, 0.15) is 32.6 Å². The molecule has 0 aliphatic carbocycles. The number of fused-ring (bicyclic) bond motifs is 1. The van der Waals surface area contributed by atoms with Gasteiger partial charge in [-0.15, -0.1) is 9.24 Å². The summed E-state index contributed by atoms with van der Waals surface area (Å²) in [7, 11) is 5.86. The second-order valence-corrected chi connectivity index (χ2v) is 10.3. The minimum Gasteiger partial charge on any atom is -0.493 e. The Balaban J connectivity index is 2.02. The Kier molecular flexibility index (Phi) is 4.66. The summed E-state index contributed by atoms with van der Waals surface area (Å²) in [5.74, 6) is 3.32. The van der Waals surface area contributed by atoms with E-state index in [4.69, 9.17) is 15.4 Å². The summed E-state index contributed by atoms with van der Waals surface area (Å²) >= 11 is 0. The van der Waals surface area contributed by atoms with E-state index in [1.807, 2.05) is 0 Å². The summed E-state index contributed by atoms with van der Waals surface area (Å²) in [5.41, 5.74) is 0. The SMILES string of the molecule is CCCCOc1ccc(S2(Cl)CCCC2)c2ccccc12. The van der Waals surface area contributed by atoms with Gasteiger partial charge in [0.25, 0.3) is 0 Å². The van der Waals surface area contributed by atoms with Crippen molar-refractivity contribution < 1.29 is 4.74 Å². The number of halogens is 1. The molecule has 1 nitrogen and oxygen atoms in total. The van der Waals surface area contributed by atoms with Crippen molar-refractivity contribution in [3.63, 3.8) is 0 Å². The first-order chi connectivity index (χ1) is 10.2. The Labute approximate surface area is 133 Å². The molecule has 114 valence electrons. The quantitative estimate of drug-likeness (QED) is 0.602. The fraction of sp³-hybridized carbons (Fsp3) is 0.444. The molecule has 21 heavy (non-hydrogen) atoms. The van der Waals surface area contributed by atoms with Gasteiger partial charge in [0.05, 0.1) is 6.61 Å². The third-order valence-corrected chi connectivity index (χ3v) is 8.62. The average molecular weight is 323 g/mol. The monoisotopic (exact) mass is 322 g/mol. The molecule has 0 spiro atoms. The molecular weight excluding hydrogens is 300 g/mol. The van der Waals surface area contributed by atoms with Crippen LogP contribution in [0.3, 0.4) is 0 Å². The molecule has 0 saturated carbocycles. The number of ether oxygens (including phenoxy) is 1. The molecule has 0 aromatic heterocycles. The van der Waals surface area contributed by atoms with E-state index in [1.165, 1.54) is 28.5 Å². The lowest BCUT2D eigenvalue weighted by Crippen LogP contribution is -2.00. The highest BCUT2D eigenvalue weighted by Gasteiger charge is 2.29. The predicted octanol–water partition coefficient (Wildman–Crippen LogP) is 6.13. The Bertz CT molecular complexity index is 620. The van der Waals surface area contributed by atoms with Crippen molar-refractivity contribution >= 4 is 30.7 Å². The maximum Gasteiger partial charge on any atom is 0.127 e. The molecule has 2 aromatic carbocycles. The summed E-state index contributed by atoms with van der Waals surface area (Å²) in [6, 6.07) is 12.9. The van der Waals surface area contributed by atoms with Crippen LogP contribution in [0.2, 0.25) is 0 Å². The Hall–Kier alpha value is -0.860. The maximum atomic E-state index is 7.00. The smallest absolute Gasteiger partial charge is 0.127 e. The van der Waals surface area contributed by atoms with Crippen LogP contribution in [0.15, 0.2) is 41.3 Å². The van der Waals surface area contributed by atoms with Crippen LogP contribution in [-0.4, -0.2) is 18.1 Å². The van der Waals surface area contributed by atoms with Gasteiger partial charge >= 0.3 is 0 Å². The Morgan fingerprint density at radius 2 is 1.76 bits per heavy atom. The fourth-order valence-corrected chi connectivity index (χ4v) is 6.91. The molecule has 1 saturated heterocycles. The van der Waals surface area contributed by atoms with Gasteiger partial charge in [-0.2, -0.15) is 0 Å². The van der Waals surface area contributed by atoms with Gasteiger partial charge < -0.3 is 4.74 Å². The van der Waals surface area contributed by atoms with Gasteiger partial charge in [-0.3, -0.25) is 0 Å². The van der Waals surface area contributed by atoms with Crippen molar-refractivity contribution in [2.24, 2.45) is 0 Å². The average Bonchev–Trinajstić information content (AvgIpc) is 2.95. The molecule has 0 radical (unpaired) electrons. The van der Waals surface area contributed by atoms with Gasteiger partial charge in [0.1, 0.15) is 5.75 Å². The van der Waals surface area contributed by atoms with Crippen molar-refractivity contribution in [2.45, 2.75) is 37.5 Å². The van der Waals surface area contributed by atoms with Crippen molar-refractivity contribution in [2.75, 3.05) is 18.1 Å². The second-order valence-electron chi connectivity index (χ2n) is 5.71. The lowest BCUT2D eigenvalue weighted by atomic mass is 10.1. The maximum absolute atomic E-state index is 7.00. The summed E-state index contributed by atoms with van der Waals surface area (Å²) in [6.07, 6.45) is 4.79. The largest absolute Gasteiger partial charge is 0.493 e. The van der Waals surface area contributed by atoms with Gasteiger partial charge in [0.2, 0.25) is 0 Å². The highest BCUT2D eigenvalue weighted by Crippen LogP contribution is 2.66. The van der Waals surface area contributed by atoms with Crippen molar-refractivity contribution in [1.29, 1.82) is 0 Å². The van der Waals surface area contributed by atoms with E-state index >= 15 is 0 Å². The van der Waals surface area contributed by atoms with Crippen LogP contribution in [0.4, 0.5) is 0 Å².